The van der Waals surface area contributed by atoms with E-state index in [0.29, 0.717) is 5.56 Å². The maximum atomic E-state index is 11.7. The Hall–Kier alpha value is -1.85. The standard InChI is InChI=1S/C18H23NO3S/c1-19(2)11-4-5-12-22-15-8-6-14(7-9-15)17-16(10-13-23-17)18(20)21-3/h6-10,13H,4-5,11-12H2,1-3H3. The van der Waals surface area contributed by atoms with Crippen molar-refractivity contribution in [2.24, 2.45) is 0 Å². The van der Waals surface area contributed by atoms with E-state index in [2.05, 4.69) is 19.0 Å². The fourth-order valence-electron chi connectivity index (χ4n) is 2.23. The molecule has 5 heteroatoms. The predicted molar refractivity (Wildman–Crippen MR) is 94.4 cm³/mol. The van der Waals surface area contributed by atoms with E-state index in [0.717, 1.165) is 42.2 Å². The molecule has 1 heterocycles. The first-order chi connectivity index (χ1) is 11.1. The van der Waals surface area contributed by atoms with Gasteiger partial charge in [0, 0.05) is 4.88 Å². The highest BCUT2D eigenvalue weighted by atomic mass is 32.1. The zero-order chi connectivity index (χ0) is 16.7. The normalized spacial score (nSPS) is 10.8. The zero-order valence-corrected chi connectivity index (χ0v) is 14.7. The van der Waals surface area contributed by atoms with Crippen LogP contribution < -0.4 is 4.74 Å². The molecule has 124 valence electrons. The van der Waals surface area contributed by atoms with Crippen molar-refractivity contribution in [2.45, 2.75) is 12.8 Å². The molecule has 4 nitrogen and oxygen atoms in total. The van der Waals surface area contributed by atoms with E-state index in [1.807, 2.05) is 29.6 Å². The fourth-order valence-corrected chi connectivity index (χ4v) is 3.12. The van der Waals surface area contributed by atoms with Crippen LogP contribution in [0.3, 0.4) is 0 Å². The summed E-state index contributed by atoms with van der Waals surface area (Å²) in [6.07, 6.45) is 2.17. The third-order valence-corrected chi connectivity index (χ3v) is 4.42. The molecular formula is C18H23NO3S. The van der Waals surface area contributed by atoms with Crippen molar-refractivity contribution >= 4 is 17.3 Å². The SMILES string of the molecule is COC(=O)c1ccsc1-c1ccc(OCCCCN(C)C)cc1. The Kier molecular flexibility index (Phi) is 6.62. The minimum atomic E-state index is -0.303. The average Bonchev–Trinajstić information content (AvgIpc) is 3.03. The Morgan fingerprint density at radius 3 is 2.52 bits per heavy atom. The van der Waals surface area contributed by atoms with Gasteiger partial charge in [-0.3, -0.25) is 0 Å². The van der Waals surface area contributed by atoms with Crippen LogP contribution in [0.2, 0.25) is 0 Å². The summed E-state index contributed by atoms with van der Waals surface area (Å²) in [4.78, 5) is 14.8. The van der Waals surface area contributed by atoms with Crippen LogP contribution in [0, 0.1) is 0 Å². The van der Waals surface area contributed by atoms with Gasteiger partial charge in [0.1, 0.15) is 5.75 Å². The molecule has 0 amide bonds. The Balaban J connectivity index is 1.92. The molecular weight excluding hydrogens is 310 g/mol. The van der Waals surface area contributed by atoms with Gasteiger partial charge in [0.05, 0.1) is 19.3 Å². The van der Waals surface area contributed by atoms with Gasteiger partial charge in [-0.05, 0) is 74.8 Å². The molecule has 0 saturated carbocycles. The summed E-state index contributed by atoms with van der Waals surface area (Å²) in [6.45, 7) is 1.80. The van der Waals surface area contributed by atoms with E-state index in [1.165, 1.54) is 18.4 Å². The maximum absolute atomic E-state index is 11.7. The average molecular weight is 333 g/mol. The molecule has 0 bridgehead atoms. The highest BCUT2D eigenvalue weighted by molar-refractivity contribution is 7.14. The number of hydrogen-bond acceptors (Lipinski definition) is 5. The molecule has 2 aromatic rings. The van der Waals surface area contributed by atoms with Gasteiger partial charge in [-0.1, -0.05) is 0 Å². The quantitative estimate of drug-likeness (QED) is 0.542. The van der Waals surface area contributed by atoms with Crippen LogP contribution in [-0.4, -0.2) is 45.2 Å². The lowest BCUT2D eigenvalue weighted by Gasteiger charge is -2.10. The molecule has 1 aromatic heterocycles. The van der Waals surface area contributed by atoms with Crippen LogP contribution >= 0.6 is 11.3 Å². The van der Waals surface area contributed by atoms with Crippen LogP contribution in [0.1, 0.15) is 23.2 Å². The van der Waals surface area contributed by atoms with E-state index in [-0.39, 0.29) is 5.97 Å². The number of thiophene rings is 1. The minimum absolute atomic E-state index is 0.303. The van der Waals surface area contributed by atoms with E-state index in [1.54, 1.807) is 6.07 Å². The molecule has 0 aliphatic carbocycles. The second-order valence-corrected chi connectivity index (χ2v) is 6.45. The molecule has 0 N–H and O–H groups in total. The van der Waals surface area contributed by atoms with Gasteiger partial charge in [0.25, 0.3) is 0 Å². The number of methoxy groups -OCH3 is 1. The number of rotatable bonds is 8. The molecule has 0 aliphatic rings. The van der Waals surface area contributed by atoms with E-state index < -0.39 is 0 Å². The van der Waals surface area contributed by atoms with Crippen LogP contribution in [0.5, 0.6) is 5.75 Å². The lowest BCUT2D eigenvalue weighted by molar-refractivity contribution is 0.0602. The summed E-state index contributed by atoms with van der Waals surface area (Å²) in [5.74, 6) is 0.553. The monoisotopic (exact) mass is 333 g/mol. The highest BCUT2D eigenvalue weighted by Gasteiger charge is 2.14. The third-order valence-electron chi connectivity index (χ3n) is 3.46. The number of ether oxygens (including phenoxy) is 2. The summed E-state index contributed by atoms with van der Waals surface area (Å²) < 4.78 is 10.6. The summed E-state index contributed by atoms with van der Waals surface area (Å²) in [5, 5.41) is 1.90. The molecule has 0 fully saturated rings. The second kappa shape index (κ2) is 8.70. The first-order valence-corrected chi connectivity index (χ1v) is 8.53. The molecule has 0 radical (unpaired) electrons. The number of nitrogens with zero attached hydrogens (tertiary/aromatic N) is 1. The van der Waals surface area contributed by atoms with Gasteiger partial charge in [-0.2, -0.15) is 0 Å². The second-order valence-electron chi connectivity index (χ2n) is 5.54. The third kappa shape index (κ3) is 5.08. The maximum Gasteiger partial charge on any atom is 0.339 e. The molecule has 2 rings (SSSR count). The van der Waals surface area contributed by atoms with Gasteiger partial charge in [-0.25, -0.2) is 4.79 Å². The largest absolute Gasteiger partial charge is 0.494 e. The summed E-state index contributed by atoms with van der Waals surface area (Å²) >= 11 is 1.53. The van der Waals surface area contributed by atoms with Crippen molar-refractivity contribution in [3.05, 3.63) is 41.3 Å². The van der Waals surface area contributed by atoms with Crippen LogP contribution in [0.15, 0.2) is 35.7 Å². The van der Waals surface area contributed by atoms with E-state index in [9.17, 15) is 4.79 Å². The van der Waals surface area contributed by atoms with Gasteiger partial charge in [-0.15, -0.1) is 11.3 Å². The van der Waals surface area contributed by atoms with Crippen LogP contribution in [0.4, 0.5) is 0 Å². The van der Waals surface area contributed by atoms with Gasteiger partial charge < -0.3 is 14.4 Å². The Morgan fingerprint density at radius 2 is 1.87 bits per heavy atom. The molecule has 1 aromatic carbocycles. The first-order valence-electron chi connectivity index (χ1n) is 7.65. The molecule has 0 atom stereocenters. The lowest BCUT2D eigenvalue weighted by Crippen LogP contribution is -2.13. The molecule has 0 aliphatic heterocycles. The van der Waals surface area contributed by atoms with Crippen molar-refractivity contribution in [1.29, 1.82) is 0 Å². The van der Waals surface area contributed by atoms with E-state index in [4.69, 9.17) is 9.47 Å². The number of unbranched alkanes of at least 4 members (excludes halogenated alkanes) is 1. The molecule has 0 unspecified atom stereocenters. The zero-order valence-electron chi connectivity index (χ0n) is 13.9. The number of esters is 1. The Labute approximate surface area is 141 Å². The summed E-state index contributed by atoms with van der Waals surface area (Å²) in [7, 11) is 5.55. The number of hydrogen-bond donors (Lipinski definition) is 0. The van der Waals surface area contributed by atoms with Crippen molar-refractivity contribution in [3.63, 3.8) is 0 Å². The van der Waals surface area contributed by atoms with Crippen LogP contribution in [0.25, 0.3) is 10.4 Å². The van der Waals surface area contributed by atoms with Gasteiger partial charge in [0.2, 0.25) is 0 Å². The Morgan fingerprint density at radius 1 is 1.13 bits per heavy atom. The van der Waals surface area contributed by atoms with Crippen molar-refractivity contribution < 1.29 is 14.3 Å². The Bertz CT molecular complexity index is 619. The fraction of sp³-hybridized carbons (Fsp3) is 0.389. The van der Waals surface area contributed by atoms with E-state index >= 15 is 0 Å². The van der Waals surface area contributed by atoms with Crippen molar-refractivity contribution in [2.75, 3.05) is 34.4 Å². The number of carbonyl (C=O) groups is 1. The lowest BCUT2D eigenvalue weighted by atomic mass is 10.1. The smallest absolute Gasteiger partial charge is 0.339 e. The summed E-state index contributed by atoms with van der Waals surface area (Å²) in [5.41, 5.74) is 1.61. The predicted octanol–water partition coefficient (Wildman–Crippen LogP) is 3.92. The minimum Gasteiger partial charge on any atom is -0.494 e. The van der Waals surface area contributed by atoms with Crippen LogP contribution in [-0.2, 0) is 4.74 Å². The highest BCUT2D eigenvalue weighted by Crippen LogP contribution is 2.31. The first kappa shape index (κ1) is 17.5. The molecule has 23 heavy (non-hydrogen) atoms. The van der Waals surface area contributed by atoms with Gasteiger partial charge >= 0.3 is 5.97 Å². The van der Waals surface area contributed by atoms with Gasteiger partial charge in [0.15, 0.2) is 0 Å². The molecule has 0 saturated heterocycles. The van der Waals surface area contributed by atoms with Crippen molar-refractivity contribution in [3.8, 4) is 16.2 Å². The summed E-state index contributed by atoms with van der Waals surface area (Å²) in [6, 6.07) is 9.64. The number of benzene rings is 1. The number of carbonyl (C=O) groups excluding carboxylic acids is 1. The topological polar surface area (TPSA) is 38.8 Å². The van der Waals surface area contributed by atoms with Crippen molar-refractivity contribution in [1.82, 2.24) is 4.90 Å². The molecule has 0 spiro atoms.